The standard InChI is InChI=1S/C17H14FN3O3S/c18-14-5-7-15(8-6-14)25(23,24)21-17-16(19-9-10-20-17)13-3-1-12(11-22)2-4-13/h1-10,22H,11H2,(H,20,21). The topological polar surface area (TPSA) is 92.2 Å². The maximum atomic E-state index is 13.0. The smallest absolute Gasteiger partial charge is 0.263 e. The minimum absolute atomic E-state index is 0.0589. The van der Waals surface area contributed by atoms with Gasteiger partial charge in [0.1, 0.15) is 11.5 Å². The number of nitrogens with zero attached hydrogens (tertiary/aromatic N) is 2. The van der Waals surface area contributed by atoms with Gasteiger partial charge in [-0.3, -0.25) is 9.71 Å². The van der Waals surface area contributed by atoms with Crippen molar-refractivity contribution in [2.24, 2.45) is 0 Å². The van der Waals surface area contributed by atoms with Crippen LogP contribution >= 0.6 is 0 Å². The lowest BCUT2D eigenvalue weighted by Gasteiger charge is -2.11. The zero-order valence-electron chi connectivity index (χ0n) is 12.9. The number of nitrogens with one attached hydrogen (secondary N) is 1. The first kappa shape index (κ1) is 17.0. The molecule has 0 atom stereocenters. The van der Waals surface area contributed by atoms with E-state index < -0.39 is 15.8 Å². The van der Waals surface area contributed by atoms with Gasteiger partial charge in [-0.1, -0.05) is 24.3 Å². The number of anilines is 1. The first-order chi connectivity index (χ1) is 12.0. The van der Waals surface area contributed by atoms with Gasteiger partial charge in [0.05, 0.1) is 11.5 Å². The highest BCUT2D eigenvalue weighted by atomic mass is 32.2. The number of hydrogen-bond acceptors (Lipinski definition) is 5. The number of hydrogen-bond donors (Lipinski definition) is 2. The molecule has 25 heavy (non-hydrogen) atoms. The normalized spacial score (nSPS) is 11.3. The first-order valence-corrected chi connectivity index (χ1v) is 8.77. The molecule has 0 unspecified atom stereocenters. The molecule has 0 fully saturated rings. The van der Waals surface area contributed by atoms with Gasteiger partial charge in [0.2, 0.25) is 0 Å². The molecule has 0 spiro atoms. The summed E-state index contributed by atoms with van der Waals surface area (Å²) in [6.07, 6.45) is 2.82. The Morgan fingerprint density at radius 2 is 1.60 bits per heavy atom. The molecule has 0 aliphatic carbocycles. The molecular formula is C17H14FN3O3S. The Bertz CT molecular complexity index is 975. The highest BCUT2D eigenvalue weighted by Crippen LogP contribution is 2.26. The van der Waals surface area contributed by atoms with Crippen LogP contribution in [0.15, 0.2) is 65.8 Å². The fraction of sp³-hybridized carbons (Fsp3) is 0.0588. The molecule has 3 aromatic rings. The Kier molecular flexibility index (Phi) is 4.73. The monoisotopic (exact) mass is 359 g/mol. The number of rotatable bonds is 5. The summed E-state index contributed by atoms with van der Waals surface area (Å²) in [5, 5.41) is 9.11. The lowest BCUT2D eigenvalue weighted by atomic mass is 10.1. The van der Waals surface area contributed by atoms with E-state index in [4.69, 9.17) is 5.11 Å². The summed E-state index contributed by atoms with van der Waals surface area (Å²) in [5.41, 5.74) is 1.71. The van der Waals surface area contributed by atoms with Gasteiger partial charge >= 0.3 is 0 Å². The third-order valence-electron chi connectivity index (χ3n) is 3.46. The number of sulfonamides is 1. The minimum atomic E-state index is -3.93. The van der Waals surface area contributed by atoms with E-state index in [1.807, 2.05) is 0 Å². The van der Waals surface area contributed by atoms with Gasteiger partial charge in [-0.2, -0.15) is 0 Å². The van der Waals surface area contributed by atoms with Crippen molar-refractivity contribution >= 4 is 15.8 Å². The quantitative estimate of drug-likeness (QED) is 0.730. The third-order valence-corrected chi connectivity index (χ3v) is 4.82. The molecule has 1 heterocycles. The Labute approximate surface area is 144 Å². The molecule has 3 rings (SSSR count). The second kappa shape index (κ2) is 6.96. The van der Waals surface area contributed by atoms with Crippen molar-refractivity contribution in [2.45, 2.75) is 11.5 Å². The summed E-state index contributed by atoms with van der Waals surface area (Å²) in [7, 11) is -3.93. The molecule has 128 valence electrons. The van der Waals surface area contributed by atoms with Crippen LogP contribution in [0, 0.1) is 5.82 Å². The second-order valence-corrected chi connectivity index (χ2v) is 6.85. The summed E-state index contributed by atoms with van der Waals surface area (Å²) in [6, 6.07) is 11.3. The van der Waals surface area contributed by atoms with Crippen LogP contribution in [0.2, 0.25) is 0 Å². The molecule has 8 heteroatoms. The van der Waals surface area contributed by atoms with Gasteiger partial charge in [0.15, 0.2) is 5.82 Å². The van der Waals surface area contributed by atoms with Gasteiger partial charge in [0.25, 0.3) is 10.0 Å². The molecule has 0 bridgehead atoms. The van der Waals surface area contributed by atoms with E-state index in [1.165, 1.54) is 24.5 Å². The zero-order chi connectivity index (χ0) is 17.9. The third kappa shape index (κ3) is 3.81. The molecule has 0 saturated carbocycles. The maximum Gasteiger partial charge on any atom is 0.263 e. The van der Waals surface area contributed by atoms with E-state index >= 15 is 0 Å². The summed E-state index contributed by atoms with van der Waals surface area (Å²) >= 11 is 0. The van der Waals surface area contributed by atoms with Gasteiger partial charge in [-0.15, -0.1) is 0 Å². The largest absolute Gasteiger partial charge is 0.392 e. The van der Waals surface area contributed by atoms with E-state index in [9.17, 15) is 12.8 Å². The van der Waals surface area contributed by atoms with E-state index in [1.54, 1.807) is 24.3 Å². The van der Waals surface area contributed by atoms with Crippen molar-refractivity contribution in [3.63, 3.8) is 0 Å². The fourth-order valence-corrected chi connectivity index (χ4v) is 3.21. The van der Waals surface area contributed by atoms with Crippen LogP contribution in [0.5, 0.6) is 0 Å². The van der Waals surface area contributed by atoms with Crippen molar-refractivity contribution in [3.05, 3.63) is 72.3 Å². The van der Waals surface area contributed by atoms with Crippen LogP contribution in [0.3, 0.4) is 0 Å². The van der Waals surface area contributed by atoms with Crippen LogP contribution in [0.1, 0.15) is 5.56 Å². The average Bonchev–Trinajstić information content (AvgIpc) is 2.62. The molecule has 0 aliphatic heterocycles. The summed E-state index contributed by atoms with van der Waals surface area (Å²) < 4.78 is 40.3. The predicted molar refractivity (Wildman–Crippen MR) is 90.6 cm³/mol. The Hall–Kier alpha value is -2.84. The highest BCUT2D eigenvalue weighted by Gasteiger charge is 2.18. The van der Waals surface area contributed by atoms with Gasteiger partial charge in [0, 0.05) is 18.0 Å². The summed E-state index contributed by atoms with van der Waals surface area (Å²) in [6.45, 7) is -0.0925. The molecule has 0 aliphatic rings. The lowest BCUT2D eigenvalue weighted by Crippen LogP contribution is -2.15. The van der Waals surface area contributed by atoms with Crippen molar-refractivity contribution in [1.29, 1.82) is 0 Å². The van der Waals surface area contributed by atoms with Gasteiger partial charge < -0.3 is 5.11 Å². The zero-order valence-corrected chi connectivity index (χ0v) is 13.7. The Morgan fingerprint density at radius 1 is 0.960 bits per heavy atom. The Balaban J connectivity index is 1.96. The SMILES string of the molecule is O=S(=O)(Nc1nccnc1-c1ccc(CO)cc1)c1ccc(F)cc1. The maximum absolute atomic E-state index is 13.0. The van der Waals surface area contributed by atoms with Gasteiger partial charge in [-0.25, -0.2) is 17.8 Å². The van der Waals surface area contributed by atoms with Crippen molar-refractivity contribution < 1.29 is 17.9 Å². The number of aliphatic hydroxyl groups is 1. The molecule has 0 radical (unpaired) electrons. The first-order valence-electron chi connectivity index (χ1n) is 7.29. The molecule has 0 amide bonds. The highest BCUT2D eigenvalue weighted by molar-refractivity contribution is 7.92. The molecule has 0 saturated heterocycles. The van der Waals surface area contributed by atoms with Crippen LogP contribution in [0.4, 0.5) is 10.2 Å². The number of aromatic nitrogens is 2. The molecular weight excluding hydrogens is 345 g/mol. The van der Waals surface area contributed by atoms with Crippen molar-refractivity contribution in [1.82, 2.24) is 9.97 Å². The van der Waals surface area contributed by atoms with E-state index in [0.717, 1.165) is 17.7 Å². The summed E-state index contributed by atoms with van der Waals surface area (Å²) in [4.78, 5) is 8.15. The van der Waals surface area contributed by atoms with E-state index in [0.29, 0.717) is 11.3 Å². The predicted octanol–water partition coefficient (Wildman–Crippen LogP) is 2.58. The van der Waals surface area contributed by atoms with Crippen molar-refractivity contribution in [2.75, 3.05) is 4.72 Å². The fourth-order valence-electron chi connectivity index (χ4n) is 2.19. The molecule has 2 N–H and O–H groups in total. The van der Waals surface area contributed by atoms with Crippen molar-refractivity contribution in [3.8, 4) is 11.3 Å². The molecule has 6 nitrogen and oxygen atoms in total. The number of aliphatic hydroxyl groups excluding tert-OH is 1. The summed E-state index contributed by atoms with van der Waals surface area (Å²) in [5.74, 6) is -0.466. The van der Waals surface area contributed by atoms with E-state index in [-0.39, 0.29) is 17.3 Å². The van der Waals surface area contributed by atoms with Crippen LogP contribution in [0.25, 0.3) is 11.3 Å². The minimum Gasteiger partial charge on any atom is -0.392 e. The van der Waals surface area contributed by atoms with Gasteiger partial charge in [-0.05, 0) is 29.8 Å². The van der Waals surface area contributed by atoms with Crippen LogP contribution in [-0.4, -0.2) is 23.5 Å². The number of benzene rings is 2. The average molecular weight is 359 g/mol. The molecule has 1 aromatic heterocycles. The number of halogens is 1. The molecule has 2 aromatic carbocycles. The van der Waals surface area contributed by atoms with Crippen LogP contribution < -0.4 is 4.72 Å². The second-order valence-electron chi connectivity index (χ2n) is 5.17. The Morgan fingerprint density at radius 3 is 2.24 bits per heavy atom. The van der Waals surface area contributed by atoms with E-state index in [2.05, 4.69) is 14.7 Å². The lowest BCUT2D eigenvalue weighted by molar-refractivity contribution is 0.282. The van der Waals surface area contributed by atoms with Crippen LogP contribution in [-0.2, 0) is 16.6 Å².